The van der Waals surface area contributed by atoms with Gasteiger partial charge >= 0.3 is 6.03 Å². The average Bonchev–Trinajstić information content (AvgIpc) is 2.59. The summed E-state index contributed by atoms with van der Waals surface area (Å²) in [6, 6.07) is 8.31. The fourth-order valence-electron chi connectivity index (χ4n) is 3.27. The number of rotatable bonds is 7. The summed E-state index contributed by atoms with van der Waals surface area (Å²) in [5.41, 5.74) is 2.37. The summed E-state index contributed by atoms with van der Waals surface area (Å²) in [7, 11) is 0. The summed E-state index contributed by atoms with van der Waals surface area (Å²) >= 11 is 0. The number of benzene rings is 1. The second-order valence-corrected chi connectivity index (χ2v) is 7.59. The van der Waals surface area contributed by atoms with Crippen molar-refractivity contribution < 1.29 is 9.90 Å². The zero-order valence-corrected chi connectivity index (χ0v) is 15.8. The molecule has 1 heterocycles. The van der Waals surface area contributed by atoms with E-state index in [-0.39, 0.29) is 18.1 Å². The Hall–Kier alpha value is -1.75. The van der Waals surface area contributed by atoms with Crippen LogP contribution in [0, 0.1) is 11.8 Å². The lowest BCUT2D eigenvalue weighted by Gasteiger charge is -2.32. The Morgan fingerprint density at radius 1 is 1.20 bits per heavy atom. The molecule has 2 amide bonds. The number of hydrogen-bond acceptors (Lipinski definition) is 3. The van der Waals surface area contributed by atoms with Crippen LogP contribution in [0.2, 0.25) is 0 Å². The highest BCUT2D eigenvalue weighted by molar-refractivity contribution is 5.73. The molecule has 0 spiro atoms. The zero-order valence-electron chi connectivity index (χ0n) is 15.8. The second kappa shape index (κ2) is 9.66. The summed E-state index contributed by atoms with van der Waals surface area (Å²) in [5, 5.41) is 15.1. The van der Waals surface area contributed by atoms with Crippen LogP contribution >= 0.6 is 0 Å². The van der Waals surface area contributed by atoms with Crippen molar-refractivity contribution in [3.63, 3.8) is 0 Å². The zero-order chi connectivity index (χ0) is 18.2. The van der Waals surface area contributed by atoms with Crippen LogP contribution in [0.1, 0.15) is 45.6 Å². The van der Waals surface area contributed by atoms with E-state index in [2.05, 4.69) is 46.7 Å². The number of piperidine rings is 1. The molecule has 1 aliphatic heterocycles. The Balaban J connectivity index is 1.71. The van der Waals surface area contributed by atoms with E-state index < -0.39 is 0 Å². The third kappa shape index (κ3) is 6.94. The van der Waals surface area contributed by atoms with Crippen molar-refractivity contribution in [1.82, 2.24) is 10.6 Å². The van der Waals surface area contributed by atoms with Gasteiger partial charge in [-0.15, -0.1) is 0 Å². The number of aliphatic hydroxyl groups is 1. The minimum atomic E-state index is -0.332. The van der Waals surface area contributed by atoms with Gasteiger partial charge in [-0.3, -0.25) is 0 Å². The minimum absolute atomic E-state index is 0.161. The maximum absolute atomic E-state index is 11.9. The largest absolute Gasteiger partial charge is 0.393 e. The van der Waals surface area contributed by atoms with Crippen LogP contribution in [0.5, 0.6) is 0 Å². The molecule has 0 saturated carbocycles. The molecule has 1 fully saturated rings. The third-order valence-electron chi connectivity index (χ3n) is 4.89. The molecule has 3 N–H and O–H groups in total. The van der Waals surface area contributed by atoms with Gasteiger partial charge in [0.25, 0.3) is 0 Å². The molecule has 5 heteroatoms. The van der Waals surface area contributed by atoms with E-state index in [9.17, 15) is 9.90 Å². The van der Waals surface area contributed by atoms with Gasteiger partial charge in [-0.2, -0.15) is 0 Å². The lowest BCUT2D eigenvalue weighted by atomic mass is 9.99. The van der Waals surface area contributed by atoms with Crippen molar-refractivity contribution in [2.75, 3.05) is 24.5 Å². The molecule has 2 rings (SSSR count). The first-order valence-electron chi connectivity index (χ1n) is 9.47. The highest BCUT2D eigenvalue weighted by atomic mass is 16.3. The number of nitrogens with one attached hydrogen (secondary N) is 2. The van der Waals surface area contributed by atoms with Gasteiger partial charge in [0, 0.05) is 31.9 Å². The molecule has 0 radical (unpaired) electrons. The molecule has 140 valence electrons. The first kappa shape index (κ1) is 19.6. The van der Waals surface area contributed by atoms with Gasteiger partial charge in [0.2, 0.25) is 0 Å². The quantitative estimate of drug-likeness (QED) is 0.710. The molecular formula is C20H33N3O2. The molecule has 1 aromatic carbocycles. The smallest absolute Gasteiger partial charge is 0.315 e. The Morgan fingerprint density at radius 3 is 2.44 bits per heavy atom. The number of urea groups is 1. The van der Waals surface area contributed by atoms with E-state index in [0.717, 1.165) is 24.6 Å². The molecule has 0 bridgehead atoms. The lowest BCUT2D eigenvalue weighted by Crippen LogP contribution is -2.37. The summed E-state index contributed by atoms with van der Waals surface area (Å²) in [4.78, 5) is 14.3. The van der Waals surface area contributed by atoms with Crippen molar-refractivity contribution in [2.45, 2.75) is 52.7 Å². The van der Waals surface area contributed by atoms with Crippen LogP contribution in [0.25, 0.3) is 0 Å². The Bertz CT molecular complexity index is 522. The Labute approximate surface area is 151 Å². The molecule has 1 aromatic rings. The number of carbonyl (C=O) groups excluding carboxylic acids is 1. The van der Waals surface area contributed by atoms with E-state index in [0.29, 0.717) is 19.5 Å². The number of aliphatic hydroxyl groups excluding tert-OH is 1. The van der Waals surface area contributed by atoms with E-state index in [1.165, 1.54) is 18.5 Å². The minimum Gasteiger partial charge on any atom is -0.393 e. The maximum Gasteiger partial charge on any atom is 0.315 e. The monoisotopic (exact) mass is 347 g/mol. The molecule has 1 aliphatic rings. The van der Waals surface area contributed by atoms with Gasteiger partial charge in [-0.1, -0.05) is 26.0 Å². The summed E-state index contributed by atoms with van der Waals surface area (Å²) in [6.07, 6.45) is 2.88. The van der Waals surface area contributed by atoms with Crippen LogP contribution in [-0.2, 0) is 6.54 Å². The van der Waals surface area contributed by atoms with E-state index in [1.807, 2.05) is 6.92 Å². The molecule has 0 aromatic heterocycles. The maximum atomic E-state index is 11.9. The van der Waals surface area contributed by atoms with E-state index in [4.69, 9.17) is 0 Å². The highest BCUT2D eigenvalue weighted by Crippen LogP contribution is 2.23. The number of hydrogen-bond donors (Lipinski definition) is 3. The van der Waals surface area contributed by atoms with Crippen molar-refractivity contribution in [3.05, 3.63) is 29.8 Å². The van der Waals surface area contributed by atoms with E-state index >= 15 is 0 Å². The molecule has 25 heavy (non-hydrogen) atoms. The van der Waals surface area contributed by atoms with Crippen molar-refractivity contribution in [1.29, 1.82) is 0 Å². The number of carbonyl (C=O) groups is 1. The first-order valence-corrected chi connectivity index (χ1v) is 9.47. The van der Waals surface area contributed by atoms with Crippen molar-refractivity contribution in [3.8, 4) is 0 Å². The lowest BCUT2D eigenvalue weighted by molar-refractivity contribution is 0.163. The Kier molecular flexibility index (Phi) is 7.56. The van der Waals surface area contributed by atoms with Gasteiger partial charge in [-0.05, 0) is 55.7 Å². The second-order valence-electron chi connectivity index (χ2n) is 7.59. The summed E-state index contributed by atoms with van der Waals surface area (Å²) < 4.78 is 0. The fourth-order valence-corrected chi connectivity index (χ4v) is 3.27. The predicted molar refractivity (Wildman–Crippen MR) is 103 cm³/mol. The van der Waals surface area contributed by atoms with Crippen LogP contribution in [0.15, 0.2) is 24.3 Å². The highest BCUT2D eigenvalue weighted by Gasteiger charge is 2.15. The molecule has 2 atom stereocenters. The van der Waals surface area contributed by atoms with Crippen molar-refractivity contribution >= 4 is 11.7 Å². The van der Waals surface area contributed by atoms with Gasteiger partial charge < -0.3 is 20.6 Å². The molecular weight excluding hydrogens is 314 g/mol. The molecule has 2 unspecified atom stereocenters. The SMILES string of the molecule is CC(O)CC(C)CNC(=O)NCc1ccc(N2CCC(C)CC2)cc1. The Morgan fingerprint density at radius 2 is 1.84 bits per heavy atom. The van der Waals surface area contributed by atoms with Crippen LogP contribution in [0.4, 0.5) is 10.5 Å². The van der Waals surface area contributed by atoms with Gasteiger partial charge in [0.1, 0.15) is 0 Å². The van der Waals surface area contributed by atoms with E-state index in [1.54, 1.807) is 6.92 Å². The van der Waals surface area contributed by atoms with Crippen LogP contribution in [-0.4, -0.2) is 36.9 Å². The number of anilines is 1. The van der Waals surface area contributed by atoms with Crippen LogP contribution in [0.3, 0.4) is 0 Å². The number of amides is 2. The standard InChI is InChI=1S/C20H33N3O2/c1-15-8-10-23(11-9-15)19-6-4-18(5-7-19)14-22-20(25)21-13-16(2)12-17(3)24/h4-7,15-17,24H,8-14H2,1-3H3,(H2,21,22,25). The van der Waals surface area contributed by atoms with Gasteiger partial charge in [0.15, 0.2) is 0 Å². The molecule has 5 nitrogen and oxygen atoms in total. The normalized spacial score (nSPS) is 17.8. The summed E-state index contributed by atoms with van der Waals surface area (Å²) in [6.45, 7) is 9.47. The average molecular weight is 348 g/mol. The number of nitrogens with zero attached hydrogens (tertiary/aromatic N) is 1. The van der Waals surface area contributed by atoms with Crippen molar-refractivity contribution in [2.24, 2.45) is 11.8 Å². The fraction of sp³-hybridized carbons (Fsp3) is 0.650. The van der Waals surface area contributed by atoms with Crippen LogP contribution < -0.4 is 15.5 Å². The molecule has 1 saturated heterocycles. The van der Waals surface area contributed by atoms with Gasteiger partial charge in [0.05, 0.1) is 6.10 Å². The summed E-state index contributed by atoms with van der Waals surface area (Å²) in [5.74, 6) is 1.10. The molecule has 0 aliphatic carbocycles. The first-order chi connectivity index (χ1) is 11.9. The topological polar surface area (TPSA) is 64.6 Å². The third-order valence-corrected chi connectivity index (χ3v) is 4.89. The van der Waals surface area contributed by atoms with Gasteiger partial charge in [-0.25, -0.2) is 4.79 Å². The predicted octanol–water partition coefficient (Wildman–Crippen LogP) is 3.13.